The van der Waals surface area contributed by atoms with Crippen molar-refractivity contribution < 1.29 is 0 Å². The largest absolute Gasteiger partial charge is 0.329 e. The van der Waals surface area contributed by atoms with Crippen LogP contribution >= 0.6 is 0 Å². The van der Waals surface area contributed by atoms with Gasteiger partial charge in [-0.2, -0.15) is 0 Å². The molecule has 112 valence electrons. The average molecular weight is 266 g/mol. The number of likely N-dealkylation sites (N-methyl/N-ethyl adjacent to an activating group) is 1. The molecule has 0 aromatic heterocycles. The molecule has 0 aliphatic heterocycles. The number of rotatable bonds is 4. The summed E-state index contributed by atoms with van der Waals surface area (Å²) in [6.45, 7) is 5.69. The summed E-state index contributed by atoms with van der Waals surface area (Å²) in [5, 5.41) is 0. The number of nitrogens with zero attached hydrogens (tertiary/aromatic N) is 1. The first-order valence-corrected chi connectivity index (χ1v) is 8.55. The van der Waals surface area contributed by atoms with Crippen LogP contribution in [0.5, 0.6) is 0 Å². The summed E-state index contributed by atoms with van der Waals surface area (Å²) in [4.78, 5) is 2.67. The van der Waals surface area contributed by atoms with Crippen LogP contribution in [-0.2, 0) is 0 Å². The van der Waals surface area contributed by atoms with E-state index >= 15 is 0 Å². The average Bonchev–Trinajstić information content (AvgIpc) is 2.42. The van der Waals surface area contributed by atoms with E-state index in [1.807, 2.05) is 0 Å². The van der Waals surface area contributed by atoms with Gasteiger partial charge in [0, 0.05) is 18.6 Å². The van der Waals surface area contributed by atoms with Crippen molar-refractivity contribution in [2.24, 2.45) is 23.5 Å². The maximum atomic E-state index is 6.15. The Morgan fingerprint density at radius 1 is 1.00 bits per heavy atom. The zero-order valence-electron chi connectivity index (χ0n) is 13.3. The van der Waals surface area contributed by atoms with Crippen molar-refractivity contribution in [1.82, 2.24) is 4.90 Å². The third-order valence-electron chi connectivity index (χ3n) is 5.96. The van der Waals surface area contributed by atoms with Gasteiger partial charge in [-0.05, 0) is 50.5 Å². The van der Waals surface area contributed by atoms with Gasteiger partial charge in [-0.25, -0.2) is 0 Å². The first-order chi connectivity index (χ1) is 9.13. The van der Waals surface area contributed by atoms with Crippen LogP contribution in [0, 0.1) is 17.8 Å². The third-order valence-corrected chi connectivity index (χ3v) is 5.96. The van der Waals surface area contributed by atoms with Gasteiger partial charge in [0.2, 0.25) is 0 Å². The van der Waals surface area contributed by atoms with Gasteiger partial charge in [-0.3, -0.25) is 4.90 Å². The van der Waals surface area contributed by atoms with Gasteiger partial charge in [0.15, 0.2) is 0 Å². The third kappa shape index (κ3) is 3.72. The summed E-state index contributed by atoms with van der Waals surface area (Å²) in [6.07, 6.45) is 11.3. The minimum absolute atomic E-state index is 0.623. The summed E-state index contributed by atoms with van der Waals surface area (Å²) < 4.78 is 0. The molecule has 0 heterocycles. The van der Waals surface area contributed by atoms with Crippen LogP contribution in [0.15, 0.2) is 0 Å². The molecule has 0 saturated heterocycles. The molecule has 2 aliphatic rings. The van der Waals surface area contributed by atoms with E-state index < -0.39 is 0 Å². The second-order valence-corrected chi connectivity index (χ2v) is 7.32. The predicted octanol–water partition coefficient (Wildman–Crippen LogP) is 3.65. The zero-order valence-corrected chi connectivity index (χ0v) is 13.3. The Hall–Kier alpha value is -0.0800. The summed E-state index contributed by atoms with van der Waals surface area (Å²) in [6, 6.07) is 1.40. The minimum Gasteiger partial charge on any atom is -0.329 e. The highest BCUT2D eigenvalue weighted by atomic mass is 15.2. The number of hydrogen-bond donors (Lipinski definition) is 1. The summed E-state index contributed by atoms with van der Waals surface area (Å²) in [7, 11) is 2.35. The minimum atomic E-state index is 0.623. The lowest BCUT2D eigenvalue weighted by molar-refractivity contribution is 0.0546. The van der Waals surface area contributed by atoms with Crippen LogP contribution in [0.4, 0.5) is 0 Å². The number of nitrogens with two attached hydrogens (primary N) is 1. The molecule has 0 spiro atoms. The highest BCUT2D eigenvalue weighted by Crippen LogP contribution is 2.35. The van der Waals surface area contributed by atoms with Crippen LogP contribution in [0.2, 0.25) is 0 Å². The molecule has 2 heteroatoms. The van der Waals surface area contributed by atoms with E-state index in [1.165, 1.54) is 51.4 Å². The maximum absolute atomic E-state index is 6.15. The Kier molecular flexibility index (Phi) is 5.70. The molecule has 19 heavy (non-hydrogen) atoms. The van der Waals surface area contributed by atoms with E-state index in [0.717, 1.165) is 30.3 Å². The Labute approximate surface area is 120 Å². The molecule has 0 radical (unpaired) electrons. The molecule has 0 aromatic rings. The molecule has 2 saturated carbocycles. The van der Waals surface area contributed by atoms with Gasteiger partial charge in [-0.1, -0.05) is 39.5 Å². The molecular weight excluding hydrogens is 232 g/mol. The van der Waals surface area contributed by atoms with Crippen LogP contribution in [-0.4, -0.2) is 30.6 Å². The van der Waals surface area contributed by atoms with E-state index in [4.69, 9.17) is 5.73 Å². The van der Waals surface area contributed by atoms with E-state index in [-0.39, 0.29) is 0 Å². The lowest BCUT2D eigenvalue weighted by Crippen LogP contribution is -2.51. The van der Waals surface area contributed by atoms with E-state index in [9.17, 15) is 0 Å². The van der Waals surface area contributed by atoms with Crippen LogP contribution < -0.4 is 5.73 Å². The number of hydrogen-bond acceptors (Lipinski definition) is 2. The summed E-state index contributed by atoms with van der Waals surface area (Å²) in [5.41, 5.74) is 6.15. The Morgan fingerprint density at radius 2 is 1.63 bits per heavy atom. The quantitative estimate of drug-likeness (QED) is 0.841. The lowest BCUT2D eigenvalue weighted by atomic mass is 9.77. The predicted molar refractivity (Wildman–Crippen MR) is 83.1 cm³/mol. The topological polar surface area (TPSA) is 29.3 Å². The van der Waals surface area contributed by atoms with Crippen molar-refractivity contribution in [2.45, 2.75) is 77.3 Å². The molecule has 2 rings (SSSR count). The second kappa shape index (κ2) is 7.08. The molecule has 2 aliphatic carbocycles. The first-order valence-electron chi connectivity index (χ1n) is 8.55. The zero-order chi connectivity index (χ0) is 13.8. The highest BCUT2D eigenvalue weighted by Gasteiger charge is 2.33. The molecule has 2 nitrogen and oxygen atoms in total. The SMILES string of the molecule is CC1CCC(C(CN)N(C)C2CCCCC2C)CC1. The van der Waals surface area contributed by atoms with Gasteiger partial charge in [0.05, 0.1) is 0 Å². The normalized spacial score (nSPS) is 38.4. The fourth-order valence-electron chi connectivity index (χ4n) is 4.51. The molecule has 3 atom stereocenters. The van der Waals surface area contributed by atoms with Gasteiger partial charge in [0.25, 0.3) is 0 Å². The molecule has 0 aromatic carbocycles. The summed E-state index contributed by atoms with van der Waals surface area (Å²) in [5.74, 6) is 2.64. The van der Waals surface area contributed by atoms with E-state index in [2.05, 4.69) is 25.8 Å². The Balaban J connectivity index is 1.95. The Bertz CT molecular complexity index is 258. The smallest absolute Gasteiger partial charge is 0.0246 e. The standard InChI is InChI=1S/C17H34N2/c1-13-8-10-15(11-9-13)17(12-18)19(3)16-7-5-4-6-14(16)2/h13-17H,4-12,18H2,1-3H3. The van der Waals surface area contributed by atoms with E-state index in [0.29, 0.717) is 6.04 Å². The fraction of sp³-hybridized carbons (Fsp3) is 1.00. The lowest BCUT2D eigenvalue weighted by Gasteiger charge is -2.44. The van der Waals surface area contributed by atoms with Crippen molar-refractivity contribution >= 4 is 0 Å². The van der Waals surface area contributed by atoms with Crippen molar-refractivity contribution in [3.63, 3.8) is 0 Å². The van der Waals surface area contributed by atoms with Crippen LogP contribution in [0.25, 0.3) is 0 Å². The monoisotopic (exact) mass is 266 g/mol. The molecule has 2 N–H and O–H groups in total. The molecule has 3 unspecified atom stereocenters. The second-order valence-electron chi connectivity index (χ2n) is 7.32. The van der Waals surface area contributed by atoms with Crippen molar-refractivity contribution in [3.05, 3.63) is 0 Å². The summed E-state index contributed by atoms with van der Waals surface area (Å²) >= 11 is 0. The van der Waals surface area contributed by atoms with E-state index in [1.54, 1.807) is 0 Å². The van der Waals surface area contributed by atoms with Gasteiger partial charge in [0.1, 0.15) is 0 Å². The Morgan fingerprint density at radius 3 is 2.21 bits per heavy atom. The molecule has 2 fully saturated rings. The van der Waals surface area contributed by atoms with Crippen molar-refractivity contribution in [1.29, 1.82) is 0 Å². The van der Waals surface area contributed by atoms with Crippen LogP contribution in [0.3, 0.4) is 0 Å². The van der Waals surface area contributed by atoms with Gasteiger partial charge in [-0.15, -0.1) is 0 Å². The van der Waals surface area contributed by atoms with Crippen molar-refractivity contribution in [2.75, 3.05) is 13.6 Å². The molecule has 0 amide bonds. The first kappa shape index (κ1) is 15.3. The molecule has 0 bridgehead atoms. The van der Waals surface area contributed by atoms with Crippen LogP contribution in [0.1, 0.15) is 65.2 Å². The van der Waals surface area contributed by atoms with Gasteiger partial charge < -0.3 is 5.73 Å². The highest BCUT2D eigenvalue weighted by molar-refractivity contribution is 4.88. The molecular formula is C17H34N2. The van der Waals surface area contributed by atoms with Gasteiger partial charge >= 0.3 is 0 Å². The maximum Gasteiger partial charge on any atom is 0.0246 e. The fourth-order valence-corrected chi connectivity index (χ4v) is 4.51. The van der Waals surface area contributed by atoms with Crippen molar-refractivity contribution in [3.8, 4) is 0 Å².